The second-order valence-electron chi connectivity index (χ2n) is 7.49. The van der Waals surface area contributed by atoms with Crippen LogP contribution < -0.4 is 4.74 Å². The first-order chi connectivity index (χ1) is 13.5. The third-order valence-corrected chi connectivity index (χ3v) is 5.76. The van der Waals surface area contributed by atoms with E-state index in [1.54, 1.807) is 17.0 Å². The van der Waals surface area contributed by atoms with Crippen LogP contribution in [-0.2, 0) is 4.74 Å². The van der Waals surface area contributed by atoms with Gasteiger partial charge in [0.1, 0.15) is 5.75 Å². The first kappa shape index (κ1) is 22.9. The molecule has 1 aliphatic rings. The van der Waals surface area contributed by atoms with Gasteiger partial charge >= 0.3 is 6.09 Å². The largest absolute Gasteiger partial charge is 0.415 e. The van der Waals surface area contributed by atoms with Gasteiger partial charge in [0.2, 0.25) is 0 Å². The quantitative estimate of drug-likeness (QED) is 0.365. The first-order valence-corrected chi connectivity index (χ1v) is 10.9. The highest BCUT2D eigenvalue weighted by molar-refractivity contribution is 9.10. The number of rotatable bonds is 10. The number of carbonyl (C=O) groups excluding carboxylic acids is 1. The molecule has 2 rings (SSSR count). The lowest BCUT2D eigenvalue weighted by molar-refractivity contribution is 0.0101. The number of hydrogen-bond donors (Lipinski definition) is 0. The topological polar surface area (TPSA) is 42.0 Å². The van der Waals surface area contributed by atoms with Gasteiger partial charge < -0.3 is 19.3 Å². The summed E-state index contributed by atoms with van der Waals surface area (Å²) in [7, 11) is 3.94. The van der Waals surface area contributed by atoms with E-state index in [2.05, 4.69) is 34.5 Å². The van der Waals surface area contributed by atoms with Gasteiger partial charge in [-0.15, -0.1) is 6.58 Å². The van der Waals surface area contributed by atoms with Crippen LogP contribution in [0.15, 0.2) is 41.4 Å². The molecule has 0 N–H and O–H groups in total. The Labute approximate surface area is 177 Å². The van der Waals surface area contributed by atoms with Crippen LogP contribution in [0.2, 0.25) is 0 Å². The highest BCUT2D eigenvalue weighted by atomic mass is 79.9. The first-order valence-electron chi connectivity index (χ1n) is 10.1. The van der Waals surface area contributed by atoms with Crippen LogP contribution in [0.5, 0.6) is 5.75 Å². The molecule has 1 aliphatic carbocycles. The molecule has 6 heteroatoms. The molecule has 1 fully saturated rings. The van der Waals surface area contributed by atoms with Crippen LogP contribution in [0, 0.1) is 0 Å². The van der Waals surface area contributed by atoms with Crippen molar-refractivity contribution in [1.29, 1.82) is 0 Å². The van der Waals surface area contributed by atoms with Gasteiger partial charge in [-0.25, -0.2) is 4.79 Å². The van der Waals surface area contributed by atoms with E-state index in [9.17, 15) is 4.79 Å². The Kier molecular flexibility index (Phi) is 10.0. The molecule has 0 aromatic heterocycles. The molecule has 1 amide bonds. The minimum Gasteiger partial charge on any atom is -0.410 e. The summed E-state index contributed by atoms with van der Waals surface area (Å²) in [5.74, 6) is 0.566. The van der Waals surface area contributed by atoms with Crippen molar-refractivity contribution in [2.24, 2.45) is 0 Å². The van der Waals surface area contributed by atoms with Gasteiger partial charge in [-0.2, -0.15) is 0 Å². The summed E-state index contributed by atoms with van der Waals surface area (Å²) >= 11 is 3.38. The van der Waals surface area contributed by atoms with Gasteiger partial charge in [-0.1, -0.05) is 22.0 Å². The van der Waals surface area contributed by atoms with E-state index in [-0.39, 0.29) is 12.1 Å². The van der Waals surface area contributed by atoms with Crippen LogP contribution >= 0.6 is 15.9 Å². The maximum atomic E-state index is 12.4. The van der Waals surface area contributed by atoms with Crippen LogP contribution in [0.25, 0.3) is 0 Å². The van der Waals surface area contributed by atoms with Crippen molar-refractivity contribution in [2.45, 2.75) is 50.7 Å². The number of likely N-dealkylation sites (N-methyl/N-ethyl adjacent to an activating group) is 1. The van der Waals surface area contributed by atoms with E-state index in [0.717, 1.165) is 62.7 Å². The summed E-state index contributed by atoms with van der Waals surface area (Å²) in [5.41, 5.74) is 0. The lowest BCUT2D eigenvalue weighted by Gasteiger charge is -2.34. The summed E-state index contributed by atoms with van der Waals surface area (Å²) in [4.78, 5) is 16.4. The summed E-state index contributed by atoms with van der Waals surface area (Å²) < 4.78 is 12.5. The highest BCUT2D eigenvalue weighted by Gasteiger charge is 2.27. The number of unbranched alkanes of at least 4 members (excludes halogenated alkanes) is 1. The van der Waals surface area contributed by atoms with Crippen molar-refractivity contribution < 1.29 is 14.3 Å². The Morgan fingerprint density at radius 2 is 1.86 bits per heavy atom. The molecular formula is C22H33BrN2O3. The average Bonchev–Trinajstić information content (AvgIpc) is 2.69. The summed E-state index contributed by atoms with van der Waals surface area (Å²) in [6.07, 6.45) is 8.09. The normalized spacial score (nSPS) is 19.4. The molecule has 1 aromatic rings. The van der Waals surface area contributed by atoms with Crippen molar-refractivity contribution in [3.05, 3.63) is 41.4 Å². The number of benzene rings is 1. The van der Waals surface area contributed by atoms with Crippen molar-refractivity contribution in [1.82, 2.24) is 9.80 Å². The van der Waals surface area contributed by atoms with Crippen LogP contribution in [-0.4, -0.2) is 61.8 Å². The van der Waals surface area contributed by atoms with E-state index >= 15 is 0 Å². The van der Waals surface area contributed by atoms with E-state index in [1.807, 2.05) is 25.3 Å². The van der Waals surface area contributed by atoms with Gasteiger partial charge in [-0.3, -0.25) is 0 Å². The maximum absolute atomic E-state index is 12.4. The van der Waals surface area contributed by atoms with E-state index in [4.69, 9.17) is 9.47 Å². The fourth-order valence-corrected chi connectivity index (χ4v) is 3.73. The summed E-state index contributed by atoms with van der Waals surface area (Å²) in [5, 5.41) is 0. The van der Waals surface area contributed by atoms with E-state index in [0.29, 0.717) is 11.9 Å². The Morgan fingerprint density at radius 1 is 1.18 bits per heavy atom. The van der Waals surface area contributed by atoms with Crippen molar-refractivity contribution in [2.75, 3.05) is 33.8 Å². The number of nitrogens with zero attached hydrogens (tertiary/aromatic N) is 2. The predicted octanol–water partition coefficient (Wildman–Crippen LogP) is 5.11. The molecule has 5 nitrogen and oxygen atoms in total. The Balaban J connectivity index is 1.62. The van der Waals surface area contributed by atoms with Gasteiger partial charge in [0.05, 0.1) is 6.10 Å². The lowest BCUT2D eigenvalue weighted by Crippen LogP contribution is -2.42. The molecule has 0 unspecified atom stereocenters. The highest BCUT2D eigenvalue weighted by Crippen LogP contribution is 2.25. The third-order valence-electron chi connectivity index (χ3n) is 5.23. The smallest absolute Gasteiger partial charge is 0.410 e. The minimum atomic E-state index is -0.296. The van der Waals surface area contributed by atoms with Crippen LogP contribution in [0.3, 0.4) is 0 Å². The predicted molar refractivity (Wildman–Crippen MR) is 117 cm³/mol. The van der Waals surface area contributed by atoms with Gasteiger partial charge in [0.25, 0.3) is 0 Å². The SMILES string of the molecule is C=CCN(C)CCCCO[C@H]1CC[C@H](N(C)C(=O)Oc2ccc(Br)cc2)CC1. The van der Waals surface area contributed by atoms with Crippen molar-refractivity contribution in [3.63, 3.8) is 0 Å². The molecule has 0 aliphatic heterocycles. The van der Waals surface area contributed by atoms with Crippen molar-refractivity contribution in [3.8, 4) is 5.75 Å². The molecular weight excluding hydrogens is 420 g/mol. The second-order valence-corrected chi connectivity index (χ2v) is 8.41. The summed E-state index contributed by atoms with van der Waals surface area (Å²) in [6, 6.07) is 7.52. The molecule has 28 heavy (non-hydrogen) atoms. The molecule has 0 heterocycles. The zero-order valence-corrected chi connectivity index (χ0v) is 18.7. The van der Waals surface area contributed by atoms with Crippen LogP contribution in [0.4, 0.5) is 4.79 Å². The third kappa shape index (κ3) is 7.94. The number of ether oxygens (including phenoxy) is 2. The molecule has 0 radical (unpaired) electrons. The van der Waals surface area contributed by atoms with Gasteiger partial charge in [-0.05, 0) is 76.4 Å². The Hall–Kier alpha value is -1.37. The number of halogens is 1. The number of amides is 1. The minimum absolute atomic E-state index is 0.218. The summed E-state index contributed by atoms with van der Waals surface area (Å²) in [6.45, 7) is 6.59. The fourth-order valence-electron chi connectivity index (χ4n) is 3.47. The standard InChI is InChI=1S/C22H33BrN2O3/c1-4-15-24(2)16-5-6-17-27-20-13-9-19(10-14-20)25(3)22(26)28-21-11-7-18(23)8-12-21/h4,7-8,11-12,19-20H,1,5-6,9-10,13-17H2,2-3H3/t19-,20-. The zero-order chi connectivity index (χ0) is 20.4. The van der Waals surface area contributed by atoms with E-state index in [1.165, 1.54) is 0 Å². The second kappa shape index (κ2) is 12.2. The van der Waals surface area contributed by atoms with Crippen molar-refractivity contribution >= 4 is 22.0 Å². The van der Waals surface area contributed by atoms with Crippen LogP contribution in [0.1, 0.15) is 38.5 Å². The zero-order valence-electron chi connectivity index (χ0n) is 17.1. The lowest BCUT2D eigenvalue weighted by atomic mass is 9.92. The molecule has 0 saturated heterocycles. The molecule has 1 aromatic carbocycles. The molecule has 156 valence electrons. The number of hydrogen-bond acceptors (Lipinski definition) is 4. The Morgan fingerprint density at radius 3 is 2.50 bits per heavy atom. The van der Waals surface area contributed by atoms with Gasteiger partial charge in [0, 0.05) is 30.7 Å². The Bertz CT molecular complexity index is 600. The molecule has 1 saturated carbocycles. The van der Waals surface area contributed by atoms with Gasteiger partial charge in [0.15, 0.2) is 0 Å². The molecule has 0 atom stereocenters. The fraction of sp³-hybridized carbons (Fsp3) is 0.591. The monoisotopic (exact) mass is 452 g/mol. The average molecular weight is 453 g/mol. The number of carbonyl (C=O) groups is 1. The van der Waals surface area contributed by atoms with E-state index < -0.39 is 0 Å². The molecule has 0 spiro atoms. The molecule has 0 bridgehead atoms. The maximum Gasteiger partial charge on any atom is 0.415 e.